The number of benzene rings is 1. The summed E-state index contributed by atoms with van der Waals surface area (Å²) in [4.78, 5) is 0. The van der Waals surface area contributed by atoms with E-state index >= 15 is 0 Å². The predicted molar refractivity (Wildman–Crippen MR) is 67.8 cm³/mol. The predicted octanol–water partition coefficient (Wildman–Crippen LogP) is 0.0261. The van der Waals surface area contributed by atoms with Crippen LogP contribution in [0.15, 0.2) is 22.7 Å². The Balaban J connectivity index is 3.27. The molecule has 0 saturated carbocycles. The fourth-order valence-corrected chi connectivity index (χ4v) is 3.50. The Hall–Kier alpha value is -0.480. The smallest absolute Gasteiger partial charge is 0.213 e. The largest absolute Gasteiger partial charge is 0.228 e. The number of primary sulfonamides is 2. The Kier molecular flexibility index (Phi) is 4.31. The van der Waals surface area contributed by atoms with Crippen LogP contribution in [-0.4, -0.2) is 16.8 Å². The summed E-state index contributed by atoms with van der Waals surface area (Å²) in [5.74, 6) is -0.878. The van der Waals surface area contributed by atoms with Crippen molar-refractivity contribution in [3.8, 4) is 0 Å². The van der Waals surface area contributed by atoms with E-state index in [1.54, 1.807) is 12.1 Å². The number of hydrogen-bond acceptors (Lipinski definition) is 4. The third-order valence-electron chi connectivity index (χ3n) is 1.92. The van der Waals surface area contributed by atoms with Crippen LogP contribution in [0.25, 0.3) is 0 Å². The van der Waals surface area contributed by atoms with E-state index in [1.807, 2.05) is 0 Å². The van der Waals surface area contributed by atoms with Gasteiger partial charge in [-0.3, -0.25) is 0 Å². The molecule has 0 aliphatic rings. The van der Waals surface area contributed by atoms with Gasteiger partial charge in [-0.25, -0.2) is 27.1 Å². The molecule has 1 rings (SSSR count). The van der Waals surface area contributed by atoms with Crippen molar-refractivity contribution < 1.29 is 16.8 Å². The number of nitrogens with two attached hydrogens (primary N) is 2. The topological polar surface area (TPSA) is 120 Å². The van der Waals surface area contributed by atoms with Gasteiger partial charge < -0.3 is 0 Å². The molecule has 1 aromatic rings. The van der Waals surface area contributed by atoms with E-state index in [1.165, 1.54) is 6.07 Å². The minimum Gasteiger partial charge on any atom is -0.228 e. The lowest BCUT2D eigenvalue weighted by Gasteiger charge is -2.09. The highest BCUT2D eigenvalue weighted by molar-refractivity contribution is 9.10. The summed E-state index contributed by atoms with van der Waals surface area (Å²) in [6.45, 7) is 0. The molecule has 0 saturated heterocycles. The van der Waals surface area contributed by atoms with E-state index in [0.29, 0.717) is 15.6 Å². The Bertz CT molecular complexity index is 625. The fraction of sp³-hybridized carbons (Fsp3) is 0.250. The van der Waals surface area contributed by atoms with Gasteiger partial charge in [0.05, 0.1) is 11.5 Å². The first-order valence-electron chi connectivity index (χ1n) is 4.36. The fourth-order valence-electron chi connectivity index (χ4n) is 1.32. The molecule has 0 bridgehead atoms. The molecule has 0 spiro atoms. The number of rotatable bonds is 4. The first-order valence-corrected chi connectivity index (χ1v) is 8.58. The highest BCUT2D eigenvalue weighted by Crippen LogP contribution is 2.23. The number of hydrogen-bond donors (Lipinski definition) is 2. The molecule has 0 fully saturated rings. The summed E-state index contributed by atoms with van der Waals surface area (Å²) >= 11 is 3.15. The van der Waals surface area contributed by atoms with Crippen molar-refractivity contribution in [2.45, 2.75) is 11.5 Å². The summed E-state index contributed by atoms with van der Waals surface area (Å²) in [7, 11) is -7.47. The average molecular weight is 343 g/mol. The van der Waals surface area contributed by atoms with Crippen molar-refractivity contribution in [3.63, 3.8) is 0 Å². The maximum absolute atomic E-state index is 11.0. The molecule has 0 unspecified atom stereocenters. The lowest BCUT2D eigenvalue weighted by atomic mass is 10.1. The van der Waals surface area contributed by atoms with E-state index in [9.17, 15) is 16.8 Å². The maximum Gasteiger partial charge on any atom is 0.213 e. The summed E-state index contributed by atoms with van der Waals surface area (Å²) < 4.78 is 44.6. The molecule has 1 aromatic carbocycles. The van der Waals surface area contributed by atoms with Gasteiger partial charge in [-0.2, -0.15) is 0 Å². The number of sulfonamides is 2. The van der Waals surface area contributed by atoms with Crippen molar-refractivity contribution >= 4 is 36.0 Å². The van der Waals surface area contributed by atoms with Crippen LogP contribution in [0.4, 0.5) is 0 Å². The highest BCUT2D eigenvalue weighted by atomic mass is 79.9. The SMILES string of the molecule is NS(=O)(=O)Cc1cccc(Br)c1CS(N)(=O)=O. The summed E-state index contributed by atoms with van der Waals surface area (Å²) in [6.07, 6.45) is 0. The first-order chi connectivity index (χ1) is 7.58. The van der Waals surface area contributed by atoms with Crippen molar-refractivity contribution in [2.75, 3.05) is 0 Å². The molecule has 0 radical (unpaired) electrons. The van der Waals surface area contributed by atoms with Gasteiger partial charge in [-0.1, -0.05) is 28.1 Å². The molecule has 0 aliphatic heterocycles. The van der Waals surface area contributed by atoms with Gasteiger partial charge in [0.2, 0.25) is 20.0 Å². The Morgan fingerprint density at radius 1 is 1.00 bits per heavy atom. The van der Waals surface area contributed by atoms with Crippen LogP contribution >= 0.6 is 15.9 Å². The van der Waals surface area contributed by atoms with Crippen LogP contribution in [-0.2, 0) is 31.6 Å². The lowest BCUT2D eigenvalue weighted by Crippen LogP contribution is -2.19. The monoisotopic (exact) mass is 342 g/mol. The Morgan fingerprint density at radius 3 is 2.00 bits per heavy atom. The van der Waals surface area contributed by atoms with Crippen LogP contribution in [0.3, 0.4) is 0 Å². The second kappa shape index (κ2) is 5.02. The number of halogens is 1. The van der Waals surface area contributed by atoms with Crippen molar-refractivity contribution in [3.05, 3.63) is 33.8 Å². The third-order valence-corrected chi connectivity index (χ3v) is 4.07. The van der Waals surface area contributed by atoms with E-state index < -0.39 is 31.6 Å². The Morgan fingerprint density at radius 2 is 1.53 bits per heavy atom. The molecule has 4 N–H and O–H groups in total. The van der Waals surface area contributed by atoms with E-state index in [4.69, 9.17) is 10.3 Å². The van der Waals surface area contributed by atoms with Gasteiger partial charge in [0.15, 0.2) is 0 Å². The van der Waals surface area contributed by atoms with Crippen molar-refractivity contribution in [1.29, 1.82) is 0 Å². The van der Waals surface area contributed by atoms with Crippen molar-refractivity contribution in [2.24, 2.45) is 10.3 Å². The second-order valence-electron chi connectivity index (χ2n) is 3.49. The van der Waals surface area contributed by atoms with E-state index in [-0.39, 0.29) is 0 Å². The van der Waals surface area contributed by atoms with E-state index in [2.05, 4.69) is 15.9 Å². The molecule has 9 heteroatoms. The van der Waals surface area contributed by atoms with Gasteiger partial charge >= 0.3 is 0 Å². The molecule has 0 amide bonds. The zero-order chi connectivity index (χ0) is 13.3. The molecule has 17 heavy (non-hydrogen) atoms. The maximum atomic E-state index is 11.0. The molecule has 0 atom stereocenters. The van der Waals surface area contributed by atoms with Crippen LogP contribution in [0.2, 0.25) is 0 Å². The zero-order valence-electron chi connectivity index (χ0n) is 8.63. The molecular weight excluding hydrogens is 332 g/mol. The standard InChI is InChI=1S/C8H11BrN2O4S2/c9-8-3-1-2-6(4-16(10,12)13)7(8)5-17(11,14)15/h1-3H,4-5H2,(H2,10,12,13)(H2,11,14,15). The van der Waals surface area contributed by atoms with Gasteiger partial charge in [-0.05, 0) is 17.2 Å². The first kappa shape index (κ1) is 14.6. The van der Waals surface area contributed by atoms with Gasteiger partial charge in [0.25, 0.3) is 0 Å². The minimum absolute atomic E-state index is 0.309. The van der Waals surface area contributed by atoms with Crippen LogP contribution in [0.5, 0.6) is 0 Å². The zero-order valence-corrected chi connectivity index (χ0v) is 11.8. The van der Waals surface area contributed by atoms with Gasteiger partial charge in [0, 0.05) is 4.47 Å². The van der Waals surface area contributed by atoms with Crippen molar-refractivity contribution in [1.82, 2.24) is 0 Å². The minimum atomic E-state index is -3.74. The molecule has 0 aromatic heterocycles. The summed E-state index contributed by atoms with van der Waals surface area (Å²) in [5.41, 5.74) is 0.625. The molecule has 0 heterocycles. The lowest BCUT2D eigenvalue weighted by molar-refractivity contribution is 0.593. The average Bonchev–Trinajstić information content (AvgIpc) is 2.07. The van der Waals surface area contributed by atoms with E-state index in [0.717, 1.165) is 0 Å². The summed E-state index contributed by atoms with van der Waals surface area (Å²) in [6, 6.07) is 4.69. The third kappa shape index (κ3) is 5.13. The van der Waals surface area contributed by atoms with Gasteiger partial charge in [0.1, 0.15) is 0 Å². The molecule has 0 aliphatic carbocycles. The Labute approximate surface area is 108 Å². The molecular formula is C8H11BrN2O4S2. The second-order valence-corrected chi connectivity index (χ2v) is 7.58. The normalized spacial score (nSPS) is 12.6. The summed E-state index contributed by atoms with van der Waals surface area (Å²) in [5, 5.41) is 9.87. The van der Waals surface area contributed by atoms with Gasteiger partial charge in [-0.15, -0.1) is 0 Å². The quantitative estimate of drug-likeness (QED) is 0.801. The molecule has 6 nitrogen and oxygen atoms in total. The van der Waals surface area contributed by atoms with Crippen LogP contribution in [0.1, 0.15) is 11.1 Å². The van der Waals surface area contributed by atoms with Crippen LogP contribution in [0, 0.1) is 0 Å². The highest BCUT2D eigenvalue weighted by Gasteiger charge is 2.16. The van der Waals surface area contributed by atoms with Crippen LogP contribution < -0.4 is 10.3 Å². The molecule has 96 valence electrons.